The number of hydrogen-bond donors (Lipinski definition) is 2. The molecule has 8 heteroatoms. The molecule has 29 heavy (non-hydrogen) atoms. The average Bonchev–Trinajstić information content (AvgIpc) is 3.18. The first-order valence-corrected chi connectivity index (χ1v) is 10.0. The molecule has 0 saturated heterocycles. The van der Waals surface area contributed by atoms with Gasteiger partial charge in [0.15, 0.2) is 0 Å². The molecule has 0 bridgehead atoms. The summed E-state index contributed by atoms with van der Waals surface area (Å²) in [6.07, 6.45) is 3.49. The van der Waals surface area contributed by atoms with E-state index in [0.717, 1.165) is 18.4 Å². The third-order valence-corrected chi connectivity index (χ3v) is 5.22. The Kier molecular flexibility index (Phi) is 8.08. The second-order valence-electron chi connectivity index (χ2n) is 6.97. The van der Waals surface area contributed by atoms with Crippen LogP contribution in [0.3, 0.4) is 0 Å². The van der Waals surface area contributed by atoms with E-state index < -0.39 is 23.3 Å². The highest BCUT2D eigenvalue weighted by atomic mass is 35.5. The number of ether oxygens (including phenoxy) is 2. The van der Waals surface area contributed by atoms with Crippen LogP contribution in [-0.4, -0.2) is 31.6 Å². The summed E-state index contributed by atoms with van der Waals surface area (Å²) in [5, 5.41) is 6.37. The van der Waals surface area contributed by atoms with Gasteiger partial charge in [0.05, 0.1) is 19.8 Å². The number of halogens is 1. The fourth-order valence-electron chi connectivity index (χ4n) is 3.45. The van der Waals surface area contributed by atoms with Gasteiger partial charge in [-0.2, -0.15) is 0 Å². The molecule has 158 valence electrons. The van der Waals surface area contributed by atoms with E-state index in [0.29, 0.717) is 17.9 Å². The van der Waals surface area contributed by atoms with E-state index in [1.165, 1.54) is 13.2 Å². The molecule has 0 unspecified atom stereocenters. The van der Waals surface area contributed by atoms with Crippen LogP contribution in [0.5, 0.6) is 0 Å². The zero-order chi connectivity index (χ0) is 21.4. The van der Waals surface area contributed by atoms with Crippen molar-refractivity contribution in [1.29, 1.82) is 0 Å². The number of rotatable bonds is 8. The molecule has 1 aromatic rings. The Morgan fingerprint density at radius 1 is 1.28 bits per heavy atom. The van der Waals surface area contributed by atoms with Crippen LogP contribution >= 0.6 is 11.6 Å². The van der Waals surface area contributed by atoms with E-state index in [2.05, 4.69) is 10.6 Å². The van der Waals surface area contributed by atoms with Crippen LogP contribution in [0.25, 0.3) is 0 Å². The summed E-state index contributed by atoms with van der Waals surface area (Å²) >= 11 is 6.05. The van der Waals surface area contributed by atoms with Gasteiger partial charge in [0.2, 0.25) is 5.91 Å². The summed E-state index contributed by atoms with van der Waals surface area (Å²) in [6, 6.07) is 6.96. The molecule has 1 atom stereocenters. The summed E-state index contributed by atoms with van der Waals surface area (Å²) in [6.45, 7) is 3.76. The lowest BCUT2D eigenvalue weighted by molar-refractivity contribution is -0.158. The SMILES string of the molecule is CCOC(=O)C=C(NC(=O)C1(C(=O)OC)CCCC1)N[C@@H](C)c1cccc(Cl)c1. The Labute approximate surface area is 175 Å². The van der Waals surface area contributed by atoms with Crippen molar-refractivity contribution in [3.05, 3.63) is 46.7 Å². The van der Waals surface area contributed by atoms with Crippen LogP contribution in [0, 0.1) is 5.41 Å². The summed E-state index contributed by atoms with van der Waals surface area (Å²) in [7, 11) is 1.27. The van der Waals surface area contributed by atoms with Gasteiger partial charge in [-0.25, -0.2) is 4.79 Å². The van der Waals surface area contributed by atoms with Crippen molar-refractivity contribution in [2.45, 2.75) is 45.6 Å². The van der Waals surface area contributed by atoms with Gasteiger partial charge >= 0.3 is 11.9 Å². The zero-order valence-corrected chi connectivity index (χ0v) is 17.7. The lowest BCUT2D eigenvalue weighted by Crippen LogP contribution is -2.47. The van der Waals surface area contributed by atoms with Crippen LogP contribution in [0.15, 0.2) is 36.2 Å². The van der Waals surface area contributed by atoms with Gasteiger partial charge in [-0.05, 0) is 44.4 Å². The minimum Gasteiger partial charge on any atom is -0.468 e. The van der Waals surface area contributed by atoms with Crippen molar-refractivity contribution in [1.82, 2.24) is 10.6 Å². The van der Waals surface area contributed by atoms with Gasteiger partial charge in [0.25, 0.3) is 0 Å². The van der Waals surface area contributed by atoms with E-state index >= 15 is 0 Å². The minimum atomic E-state index is -1.25. The molecular weight excluding hydrogens is 396 g/mol. The number of nitrogens with one attached hydrogen (secondary N) is 2. The van der Waals surface area contributed by atoms with Crippen molar-refractivity contribution in [2.75, 3.05) is 13.7 Å². The molecule has 0 radical (unpaired) electrons. The first kappa shape index (κ1) is 22.7. The summed E-state index contributed by atoms with van der Waals surface area (Å²) in [5.74, 6) is -1.52. The Morgan fingerprint density at radius 2 is 1.97 bits per heavy atom. The maximum Gasteiger partial charge on any atom is 0.334 e. The Balaban J connectivity index is 2.25. The van der Waals surface area contributed by atoms with Gasteiger partial charge in [-0.15, -0.1) is 0 Å². The summed E-state index contributed by atoms with van der Waals surface area (Å²) in [5.41, 5.74) is -0.381. The second kappa shape index (κ2) is 10.3. The maximum atomic E-state index is 13.0. The molecule has 1 aromatic carbocycles. The highest BCUT2D eigenvalue weighted by Gasteiger charge is 2.49. The number of esters is 2. The van der Waals surface area contributed by atoms with E-state index in [4.69, 9.17) is 21.1 Å². The minimum absolute atomic E-state index is 0.149. The normalized spacial score (nSPS) is 16.6. The highest BCUT2D eigenvalue weighted by molar-refractivity contribution is 6.30. The maximum absolute atomic E-state index is 13.0. The van der Waals surface area contributed by atoms with Crippen molar-refractivity contribution in [3.8, 4) is 0 Å². The molecule has 7 nitrogen and oxygen atoms in total. The lowest BCUT2D eigenvalue weighted by atomic mass is 9.85. The molecule has 2 N–H and O–H groups in total. The van der Waals surface area contributed by atoms with Crippen LogP contribution in [0.2, 0.25) is 5.02 Å². The van der Waals surface area contributed by atoms with Crippen molar-refractivity contribution >= 4 is 29.4 Å². The molecule has 0 aliphatic heterocycles. The Bertz CT molecular complexity index is 787. The van der Waals surface area contributed by atoms with E-state index in [1.807, 2.05) is 19.1 Å². The molecule has 1 fully saturated rings. The Hall–Kier alpha value is -2.54. The van der Waals surface area contributed by atoms with Gasteiger partial charge < -0.3 is 20.1 Å². The zero-order valence-electron chi connectivity index (χ0n) is 16.9. The smallest absolute Gasteiger partial charge is 0.334 e. The topological polar surface area (TPSA) is 93.7 Å². The number of benzene rings is 1. The number of methoxy groups -OCH3 is 1. The Morgan fingerprint density at radius 3 is 2.55 bits per heavy atom. The highest BCUT2D eigenvalue weighted by Crippen LogP contribution is 2.39. The molecule has 1 amide bonds. The third kappa shape index (κ3) is 5.73. The van der Waals surface area contributed by atoms with Crippen LogP contribution < -0.4 is 10.6 Å². The number of carbonyl (C=O) groups is 3. The van der Waals surface area contributed by atoms with E-state index in [1.54, 1.807) is 19.1 Å². The first-order chi connectivity index (χ1) is 13.8. The van der Waals surface area contributed by atoms with Gasteiger partial charge in [0.1, 0.15) is 11.2 Å². The molecule has 1 aliphatic carbocycles. The van der Waals surface area contributed by atoms with E-state index in [-0.39, 0.29) is 18.5 Å². The molecule has 1 aliphatic rings. The predicted octanol–water partition coefficient (Wildman–Crippen LogP) is 3.24. The number of hydrogen-bond acceptors (Lipinski definition) is 6. The fourth-order valence-corrected chi connectivity index (χ4v) is 3.65. The lowest BCUT2D eigenvalue weighted by Gasteiger charge is -2.26. The molecule has 0 spiro atoms. The summed E-state index contributed by atoms with van der Waals surface area (Å²) < 4.78 is 9.84. The standard InChI is InChI=1S/C21H27ClN2O5/c1-4-29-18(25)13-17(23-14(2)15-8-7-9-16(22)12-15)24-19(26)21(20(27)28-3)10-5-6-11-21/h7-9,12-14,23H,4-6,10-11H2,1-3H3,(H,24,26)/t14-/m0/s1. The summed E-state index contributed by atoms with van der Waals surface area (Å²) in [4.78, 5) is 37.4. The number of amides is 1. The van der Waals surface area contributed by atoms with Crippen molar-refractivity contribution in [3.63, 3.8) is 0 Å². The van der Waals surface area contributed by atoms with Crippen LogP contribution in [-0.2, 0) is 23.9 Å². The molecular formula is C21H27ClN2O5. The van der Waals surface area contributed by atoms with Crippen molar-refractivity contribution < 1.29 is 23.9 Å². The average molecular weight is 423 g/mol. The monoisotopic (exact) mass is 422 g/mol. The predicted molar refractivity (Wildman–Crippen MR) is 109 cm³/mol. The second-order valence-corrected chi connectivity index (χ2v) is 7.40. The quantitative estimate of drug-likeness (QED) is 0.379. The van der Waals surface area contributed by atoms with Crippen molar-refractivity contribution in [2.24, 2.45) is 5.41 Å². The number of carbonyl (C=O) groups excluding carboxylic acids is 3. The molecule has 0 heterocycles. The molecule has 2 rings (SSSR count). The van der Waals surface area contributed by atoms with E-state index in [9.17, 15) is 14.4 Å². The fraction of sp³-hybridized carbons (Fsp3) is 0.476. The first-order valence-electron chi connectivity index (χ1n) is 9.62. The molecule has 1 saturated carbocycles. The van der Waals surface area contributed by atoms with Gasteiger partial charge in [-0.1, -0.05) is 36.6 Å². The van der Waals surface area contributed by atoms with Gasteiger partial charge in [-0.3, -0.25) is 9.59 Å². The van der Waals surface area contributed by atoms with Crippen LogP contribution in [0.1, 0.15) is 51.1 Å². The third-order valence-electron chi connectivity index (χ3n) is 4.99. The largest absolute Gasteiger partial charge is 0.468 e. The van der Waals surface area contributed by atoms with Crippen LogP contribution in [0.4, 0.5) is 0 Å². The van der Waals surface area contributed by atoms with Gasteiger partial charge in [0, 0.05) is 11.1 Å². The molecule has 0 aromatic heterocycles.